The van der Waals surface area contributed by atoms with Crippen molar-refractivity contribution in [1.29, 1.82) is 0 Å². The predicted molar refractivity (Wildman–Crippen MR) is 102 cm³/mol. The third-order valence-electron chi connectivity index (χ3n) is 3.28. The van der Waals surface area contributed by atoms with Gasteiger partial charge in [-0.05, 0) is 30.3 Å². The van der Waals surface area contributed by atoms with Gasteiger partial charge in [-0.2, -0.15) is 0 Å². The molecule has 3 nitrogen and oxygen atoms in total. The van der Waals surface area contributed by atoms with Gasteiger partial charge in [-0.25, -0.2) is 9.37 Å². The number of anilines is 1. The number of rotatable bonds is 4. The highest BCUT2D eigenvalue weighted by atomic mass is 35.5. The van der Waals surface area contributed by atoms with E-state index in [1.165, 1.54) is 35.6 Å². The summed E-state index contributed by atoms with van der Waals surface area (Å²) in [6.07, 6.45) is 2.55. The van der Waals surface area contributed by atoms with Crippen molar-refractivity contribution in [1.82, 2.24) is 4.98 Å². The second-order valence-corrected chi connectivity index (χ2v) is 6.70. The van der Waals surface area contributed by atoms with Crippen LogP contribution in [0.15, 0.2) is 53.9 Å². The molecule has 25 heavy (non-hydrogen) atoms. The van der Waals surface area contributed by atoms with E-state index >= 15 is 0 Å². The third-order valence-corrected chi connectivity index (χ3v) is 4.61. The van der Waals surface area contributed by atoms with E-state index in [2.05, 4.69) is 10.3 Å². The quantitative estimate of drug-likeness (QED) is 0.560. The highest BCUT2D eigenvalue weighted by Gasteiger charge is 2.08. The van der Waals surface area contributed by atoms with Crippen LogP contribution in [0.25, 0.3) is 17.3 Å². The molecule has 3 aromatic rings. The Morgan fingerprint density at radius 2 is 1.92 bits per heavy atom. The highest BCUT2D eigenvalue weighted by Crippen LogP contribution is 2.26. The van der Waals surface area contributed by atoms with Crippen molar-refractivity contribution in [2.75, 3.05) is 5.32 Å². The second-order valence-electron chi connectivity index (χ2n) is 5.00. The molecule has 0 saturated carbocycles. The van der Waals surface area contributed by atoms with Crippen molar-refractivity contribution in [3.05, 3.63) is 75.3 Å². The van der Waals surface area contributed by atoms with Crippen molar-refractivity contribution in [2.45, 2.75) is 0 Å². The van der Waals surface area contributed by atoms with Gasteiger partial charge >= 0.3 is 0 Å². The Balaban J connectivity index is 1.69. The SMILES string of the molecule is O=C(/C=C/c1c(F)cccc1Cl)Nc1nc(-c2ccc(Cl)cc2)cs1. The van der Waals surface area contributed by atoms with Gasteiger partial charge < -0.3 is 0 Å². The summed E-state index contributed by atoms with van der Waals surface area (Å²) in [5.74, 6) is -0.910. The van der Waals surface area contributed by atoms with Gasteiger partial charge in [0.05, 0.1) is 10.7 Å². The van der Waals surface area contributed by atoms with Crippen LogP contribution in [0.3, 0.4) is 0 Å². The van der Waals surface area contributed by atoms with E-state index in [1.54, 1.807) is 18.2 Å². The first-order valence-corrected chi connectivity index (χ1v) is 8.81. The third kappa shape index (κ3) is 4.45. The Morgan fingerprint density at radius 1 is 1.16 bits per heavy atom. The Bertz CT molecular complexity index is 918. The summed E-state index contributed by atoms with van der Waals surface area (Å²) in [4.78, 5) is 16.3. The Hall–Kier alpha value is -2.21. The summed E-state index contributed by atoms with van der Waals surface area (Å²) in [5, 5.41) is 5.80. The van der Waals surface area contributed by atoms with Gasteiger partial charge in [0, 0.05) is 27.6 Å². The molecule has 0 spiro atoms. The van der Waals surface area contributed by atoms with Crippen molar-refractivity contribution in [3.63, 3.8) is 0 Å². The maximum Gasteiger partial charge on any atom is 0.250 e. The Morgan fingerprint density at radius 3 is 2.64 bits per heavy atom. The minimum atomic E-state index is -0.490. The van der Waals surface area contributed by atoms with Crippen LogP contribution >= 0.6 is 34.5 Å². The lowest BCUT2D eigenvalue weighted by Gasteiger charge is -2.00. The molecule has 1 amide bonds. The maximum atomic E-state index is 13.7. The van der Waals surface area contributed by atoms with Gasteiger partial charge in [0.15, 0.2) is 5.13 Å². The van der Waals surface area contributed by atoms with E-state index in [0.29, 0.717) is 10.2 Å². The molecule has 0 unspecified atom stereocenters. The molecule has 7 heteroatoms. The number of thiazole rings is 1. The van der Waals surface area contributed by atoms with E-state index in [4.69, 9.17) is 23.2 Å². The summed E-state index contributed by atoms with van der Waals surface area (Å²) in [5.41, 5.74) is 1.80. The lowest BCUT2D eigenvalue weighted by atomic mass is 10.2. The fraction of sp³-hybridized carbons (Fsp3) is 0. The molecule has 0 aliphatic carbocycles. The molecule has 0 bridgehead atoms. The van der Waals surface area contributed by atoms with Gasteiger partial charge in [-0.3, -0.25) is 10.1 Å². The normalized spacial score (nSPS) is 11.0. The number of halogens is 3. The molecule has 2 aromatic carbocycles. The van der Waals surface area contributed by atoms with Crippen LogP contribution < -0.4 is 5.32 Å². The van der Waals surface area contributed by atoms with Crippen molar-refractivity contribution >= 4 is 51.7 Å². The van der Waals surface area contributed by atoms with Crippen LogP contribution in [0.4, 0.5) is 9.52 Å². The fourth-order valence-corrected chi connectivity index (χ4v) is 3.14. The first kappa shape index (κ1) is 17.6. The second kappa shape index (κ2) is 7.78. The number of hydrogen-bond acceptors (Lipinski definition) is 3. The van der Waals surface area contributed by atoms with Crippen LogP contribution in [0.5, 0.6) is 0 Å². The van der Waals surface area contributed by atoms with Gasteiger partial charge in [0.1, 0.15) is 5.82 Å². The summed E-state index contributed by atoms with van der Waals surface area (Å²) in [6.45, 7) is 0. The van der Waals surface area contributed by atoms with Crippen molar-refractivity contribution in [2.24, 2.45) is 0 Å². The first-order valence-electron chi connectivity index (χ1n) is 7.17. The Kier molecular flexibility index (Phi) is 5.48. The molecule has 3 rings (SSSR count). The van der Waals surface area contributed by atoms with Crippen LogP contribution in [0.2, 0.25) is 10.0 Å². The maximum absolute atomic E-state index is 13.7. The van der Waals surface area contributed by atoms with Crippen LogP contribution in [-0.2, 0) is 4.79 Å². The zero-order valence-corrected chi connectivity index (χ0v) is 15.0. The molecule has 126 valence electrons. The zero-order valence-electron chi connectivity index (χ0n) is 12.7. The fourth-order valence-electron chi connectivity index (χ4n) is 2.06. The van der Waals surface area contributed by atoms with Gasteiger partial charge in [-0.15, -0.1) is 11.3 Å². The lowest BCUT2D eigenvalue weighted by molar-refractivity contribution is -0.111. The number of nitrogens with one attached hydrogen (secondary N) is 1. The zero-order chi connectivity index (χ0) is 17.8. The largest absolute Gasteiger partial charge is 0.298 e. The summed E-state index contributed by atoms with van der Waals surface area (Å²) in [6, 6.07) is 11.6. The van der Waals surface area contributed by atoms with E-state index < -0.39 is 11.7 Å². The molecule has 0 aliphatic heterocycles. The number of aromatic nitrogens is 1. The van der Waals surface area contributed by atoms with Crippen molar-refractivity contribution in [3.8, 4) is 11.3 Å². The number of carbonyl (C=O) groups is 1. The van der Waals surface area contributed by atoms with E-state index in [9.17, 15) is 9.18 Å². The van der Waals surface area contributed by atoms with Crippen LogP contribution in [0.1, 0.15) is 5.56 Å². The van der Waals surface area contributed by atoms with Gasteiger partial charge in [0.2, 0.25) is 5.91 Å². The smallest absolute Gasteiger partial charge is 0.250 e. The lowest BCUT2D eigenvalue weighted by Crippen LogP contribution is -2.07. The monoisotopic (exact) mass is 392 g/mol. The number of carbonyl (C=O) groups excluding carboxylic acids is 1. The molecule has 0 radical (unpaired) electrons. The topological polar surface area (TPSA) is 42.0 Å². The average Bonchev–Trinajstić information content (AvgIpc) is 3.03. The Labute approximate surface area is 157 Å². The van der Waals surface area contributed by atoms with E-state index in [1.807, 2.05) is 17.5 Å². The molecule has 1 heterocycles. The molecule has 0 atom stereocenters. The summed E-state index contributed by atoms with van der Waals surface area (Å²) >= 11 is 13.1. The van der Waals surface area contributed by atoms with Gasteiger partial charge in [0.25, 0.3) is 0 Å². The summed E-state index contributed by atoms with van der Waals surface area (Å²) in [7, 11) is 0. The first-order chi connectivity index (χ1) is 12.0. The van der Waals surface area contributed by atoms with Crippen LogP contribution in [0, 0.1) is 5.82 Å². The van der Waals surface area contributed by atoms with E-state index in [0.717, 1.165) is 11.3 Å². The number of benzene rings is 2. The standard InChI is InChI=1S/C18H11Cl2FN2OS/c19-12-6-4-11(5-7-12)16-10-25-18(22-16)23-17(24)9-8-13-14(20)2-1-3-15(13)21/h1-10H,(H,22,23,24)/b9-8+. The molecular formula is C18H11Cl2FN2OS. The minimum absolute atomic E-state index is 0.167. The molecule has 1 N–H and O–H groups in total. The number of nitrogens with zero attached hydrogens (tertiary/aromatic N) is 1. The van der Waals surface area contributed by atoms with Crippen LogP contribution in [-0.4, -0.2) is 10.9 Å². The van der Waals surface area contributed by atoms with E-state index in [-0.39, 0.29) is 10.6 Å². The average molecular weight is 393 g/mol. The molecule has 1 aromatic heterocycles. The highest BCUT2D eigenvalue weighted by molar-refractivity contribution is 7.14. The molecule has 0 aliphatic rings. The minimum Gasteiger partial charge on any atom is -0.298 e. The number of amides is 1. The summed E-state index contributed by atoms with van der Waals surface area (Å²) < 4.78 is 13.7. The van der Waals surface area contributed by atoms with Gasteiger partial charge in [-0.1, -0.05) is 41.4 Å². The molecule has 0 fully saturated rings. The predicted octanol–water partition coefficient (Wildman–Crippen LogP) is 5.91. The van der Waals surface area contributed by atoms with Crippen molar-refractivity contribution < 1.29 is 9.18 Å². The number of hydrogen-bond donors (Lipinski definition) is 1. The molecular weight excluding hydrogens is 382 g/mol. The molecule has 0 saturated heterocycles.